The highest BCUT2D eigenvalue weighted by atomic mass is 79.9. The van der Waals surface area contributed by atoms with Crippen LogP contribution in [0.1, 0.15) is 18.4 Å². The Labute approximate surface area is 134 Å². The average molecular weight is 378 g/mol. The van der Waals surface area contributed by atoms with E-state index in [0.29, 0.717) is 29.1 Å². The van der Waals surface area contributed by atoms with Crippen molar-refractivity contribution in [1.29, 1.82) is 0 Å². The maximum atomic E-state index is 12.5. The van der Waals surface area contributed by atoms with Crippen molar-refractivity contribution in [2.24, 2.45) is 5.92 Å². The minimum atomic E-state index is -3.59. The zero-order chi connectivity index (χ0) is 15.5. The summed E-state index contributed by atoms with van der Waals surface area (Å²) in [5.41, 5.74) is 0.565. The minimum absolute atomic E-state index is 0.166. The standard InChI is InChI=1S/C14H20BrNO4S/c1-16(6-7-20-10-11-2-3-11)21(18,19)14-8-12(9-17)4-5-13(14)15/h4-5,8,11,17H,2-3,6-7,9-10H2,1H3. The van der Waals surface area contributed by atoms with Crippen molar-refractivity contribution >= 4 is 26.0 Å². The minimum Gasteiger partial charge on any atom is -0.392 e. The van der Waals surface area contributed by atoms with Gasteiger partial charge in [-0.25, -0.2) is 8.42 Å². The fourth-order valence-corrected chi connectivity index (χ4v) is 3.99. The Balaban J connectivity index is 2.01. The summed E-state index contributed by atoms with van der Waals surface area (Å²) in [6.07, 6.45) is 2.43. The smallest absolute Gasteiger partial charge is 0.244 e. The van der Waals surface area contributed by atoms with E-state index in [1.54, 1.807) is 12.1 Å². The molecule has 118 valence electrons. The molecule has 7 heteroatoms. The van der Waals surface area contributed by atoms with Gasteiger partial charge in [0.2, 0.25) is 10.0 Å². The van der Waals surface area contributed by atoms with Crippen molar-refractivity contribution in [1.82, 2.24) is 4.31 Å². The first kappa shape index (κ1) is 16.9. The molecule has 0 saturated heterocycles. The molecule has 0 spiro atoms. The van der Waals surface area contributed by atoms with Gasteiger partial charge in [0.15, 0.2) is 0 Å². The van der Waals surface area contributed by atoms with Gasteiger partial charge in [0.05, 0.1) is 18.1 Å². The molecule has 0 aliphatic heterocycles. The van der Waals surface area contributed by atoms with E-state index >= 15 is 0 Å². The fourth-order valence-electron chi connectivity index (χ4n) is 1.86. The summed E-state index contributed by atoms with van der Waals surface area (Å²) in [5, 5.41) is 9.14. The number of halogens is 1. The van der Waals surface area contributed by atoms with E-state index in [1.165, 1.54) is 30.3 Å². The van der Waals surface area contributed by atoms with Gasteiger partial charge < -0.3 is 9.84 Å². The fraction of sp³-hybridized carbons (Fsp3) is 0.571. The number of hydrogen-bond acceptors (Lipinski definition) is 4. The maximum Gasteiger partial charge on any atom is 0.244 e. The normalized spacial score (nSPS) is 15.6. The molecule has 21 heavy (non-hydrogen) atoms. The molecule has 0 bridgehead atoms. The first-order valence-electron chi connectivity index (χ1n) is 6.88. The van der Waals surface area contributed by atoms with E-state index in [2.05, 4.69) is 15.9 Å². The van der Waals surface area contributed by atoms with Crippen LogP contribution in [0.5, 0.6) is 0 Å². The number of benzene rings is 1. The molecule has 0 unspecified atom stereocenters. The second-order valence-corrected chi connectivity index (χ2v) is 8.14. The zero-order valence-corrected chi connectivity index (χ0v) is 14.4. The van der Waals surface area contributed by atoms with Crippen molar-refractivity contribution in [3.05, 3.63) is 28.2 Å². The summed E-state index contributed by atoms with van der Waals surface area (Å²) >= 11 is 3.25. The van der Waals surface area contributed by atoms with Crippen molar-refractivity contribution in [2.45, 2.75) is 24.3 Å². The Hall–Kier alpha value is -0.470. The summed E-state index contributed by atoms with van der Waals surface area (Å²) in [5.74, 6) is 0.669. The van der Waals surface area contributed by atoms with Crippen LogP contribution >= 0.6 is 15.9 Å². The second kappa shape index (κ2) is 7.19. The highest BCUT2D eigenvalue weighted by Crippen LogP contribution is 2.29. The SMILES string of the molecule is CN(CCOCC1CC1)S(=O)(=O)c1cc(CO)ccc1Br. The third-order valence-corrected chi connectivity index (χ3v) is 6.32. The number of sulfonamides is 1. The quantitative estimate of drug-likeness (QED) is 0.703. The molecule has 1 fully saturated rings. The molecular weight excluding hydrogens is 358 g/mol. The molecular formula is C14H20BrNO4S. The summed E-state index contributed by atoms with van der Waals surface area (Å²) in [6.45, 7) is 1.23. The monoisotopic (exact) mass is 377 g/mol. The highest BCUT2D eigenvalue weighted by molar-refractivity contribution is 9.10. The molecule has 5 nitrogen and oxygen atoms in total. The summed E-state index contributed by atoms with van der Waals surface area (Å²) < 4.78 is 32.3. The lowest BCUT2D eigenvalue weighted by atomic mass is 10.2. The zero-order valence-electron chi connectivity index (χ0n) is 12.0. The number of aliphatic hydroxyl groups is 1. The number of rotatable bonds is 8. The largest absolute Gasteiger partial charge is 0.392 e. The third-order valence-electron chi connectivity index (χ3n) is 3.47. The van der Waals surface area contributed by atoms with E-state index in [-0.39, 0.29) is 11.5 Å². The lowest BCUT2D eigenvalue weighted by Crippen LogP contribution is -2.30. The molecule has 1 aromatic carbocycles. The summed E-state index contributed by atoms with van der Waals surface area (Å²) in [7, 11) is -2.06. The number of nitrogens with zero attached hydrogens (tertiary/aromatic N) is 1. The van der Waals surface area contributed by atoms with E-state index in [1.807, 2.05) is 0 Å². The molecule has 0 heterocycles. The molecule has 1 aromatic rings. The Morgan fingerprint density at radius 1 is 1.43 bits per heavy atom. The topological polar surface area (TPSA) is 66.8 Å². The molecule has 1 saturated carbocycles. The van der Waals surface area contributed by atoms with Crippen LogP contribution in [0.15, 0.2) is 27.6 Å². The molecule has 0 aromatic heterocycles. The predicted octanol–water partition coefficient (Wildman–Crippen LogP) is 1.99. The van der Waals surface area contributed by atoms with Crippen molar-refractivity contribution in [3.8, 4) is 0 Å². The summed E-state index contributed by atoms with van der Waals surface area (Å²) in [6, 6.07) is 4.80. The summed E-state index contributed by atoms with van der Waals surface area (Å²) in [4.78, 5) is 0.166. The van der Waals surface area contributed by atoms with Crippen LogP contribution in [0.4, 0.5) is 0 Å². The Morgan fingerprint density at radius 3 is 2.76 bits per heavy atom. The molecule has 1 aliphatic rings. The number of ether oxygens (including phenoxy) is 1. The predicted molar refractivity (Wildman–Crippen MR) is 83.4 cm³/mol. The number of aliphatic hydroxyl groups excluding tert-OH is 1. The Morgan fingerprint density at radius 2 is 2.14 bits per heavy atom. The van der Waals surface area contributed by atoms with E-state index in [4.69, 9.17) is 9.84 Å². The number of likely N-dealkylation sites (N-methyl/N-ethyl adjacent to an activating group) is 1. The Kier molecular flexibility index (Phi) is 5.79. The van der Waals surface area contributed by atoms with Gasteiger partial charge in [-0.15, -0.1) is 0 Å². The van der Waals surface area contributed by atoms with Crippen molar-refractivity contribution in [3.63, 3.8) is 0 Å². The molecule has 1 aliphatic carbocycles. The second-order valence-electron chi connectivity index (χ2n) is 5.27. The van der Waals surface area contributed by atoms with Crippen LogP contribution in [0.2, 0.25) is 0 Å². The molecule has 1 N–H and O–H groups in total. The van der Waals surface area contributed by atoms with Crippen molar-refractivity contribution < 1.29 is 18.3 Å². The first-order chi connectivity index (χ1) is 9.95. The number of hydrogen-bond donors (Lipinski definition) is 1. The van der Waals surface area contributed by atoms with Gasteiger partial charge in [-0.3, -0.25) is 0 Å². The average Bonchev–Trinajstić information content (AvgIpc) is 3.27. The van der Waals surface area contributed by atoms with Gasteiger partial charge in [0, 0.05) is 24.7 Å². The van der Waals surface area contributed by atoms with Gasteiger partial charge in [-0.1, -0.05) is 6.07 Å². The maximum absolute atomic E-state index is 12.5. The van der Waals surface area contributed by atoms with E-state index in [0.717, 1.165) is 6.61 Å². The van der Waals surface area contributed by atoms with E-state index < -0.39 is 10.0 Å². The van der Waals surface area contributed by atoms with Crippen LogP contribution in [0.25, 0.3) is 0 Å². The first-order valence-corrected chi connectivity index (χ1v) is 9.12. The van der Waals surface area contributed by atoms with Crippen LogP contribution in [0, 0.1) is 5.92 Å². The highest BCUT2D eigenvalue weighted by Gasteiger charge is 2.24. The Bertz CT molecular complexity index is 587. The van der Waals surface area contributed by atoms with Gasteiger partial charge in [0.25, 0.3) is 0 Å². The van der Waals surface area contributed by atoms with Gasteiger partial charge >= 0.3 is 0 Å². The lowest BCUT2D eigenvalue weighted by molar-refractivity contribution is 0.117. The van der Waals surface area contributed by atoms with Crippen LogP contribution in [-0.2, 0) is 21.4 Å². The van der Waals surface area contributed by atoms with Gasteiger partial charge in [-0.05, 0) is 52.4 Å². The van der Waals surface area contributed by atoms with Crippen LogP contribution < -0.4 is 0 Å². The van der Waals surface area contributed by atoms with E-state index in [9.17, 15) is 8.42 Å². The lowest BCUT2D eigenvalue weighted by Gasteiger charge is -2.18. The molecule has 2 rings (SSSR count). The molecule has 0 radical (unpaired) electrons. The third kappa shape index (κ3) is 4.50. The van der Waals surface area contributed by atoms with Gasteiger partial charge in [-0.2, -0.15) is 4.31 Å². The van der Waals surface area contributed by atoms with Crippen LogP contribution in [-0.4, -0.2) is 44.6 Å². The molecule has 0 atom stereocenters. The van der Waals surface area contributed by atoms with Crippen molar-refractivity contribution in [2.75, 3.05) is 26.8 Å². The van der Waals surface area contributed by atoms with Crippen LogP contribution in [0.3, 0.4) is 0 Å². The van der Waals surface area contributed by atoms with Gasteiger partial charge in [0.1, 0.15) is 0 Å². The molecule has 0 amide bonds.